The van der Waals surface area contributed by atoms with Gasteiger partial charge in [0.25, 0.3) is 10.0 Å². The number of carbonyl (C=O) groups excluding carboxylic acids is 1. The summed E-state index contributed by atoms with van der Waals surface area (Å²) in [7, 11) is -4.82. The molecule has 9 heteroatoms. The molecular weight excluding hydrogens is 355 g/mol. The molecule has 0 aromatic heterocycles. The van der Waals surface area contributed by atoms with Crippen molar-refractivity contribution in [3.63, 3.8) is 0 Å². The highest BCUT2D eigenvalue weighted by molar-refractivity contribution is 7.92. The zero-order valence-electron chi connectivity index (χ0n) is 14.1. The number of carbonyl (C=O) groups is 1. The van der Waals surface area contributed by atoms with Crippen LogP contribution in [0.2, 0.25) is 0 Å². The number of benzene rings is 2. The molecule has 2 N–H and O–H groups in total. The summed E-state index contributed by atoms with van der Waals surface area (Å²) in [5.41, 5.74) is 3.35. The maximum absolute atomic E-state index is 12.7. The molecule has 0 spiro atoms. The summed E-state index contributed by atoms with van der Waals surface area (Å²) in [5, 5.41) is 9.76. The molecule has 1 amide bonds. The van der Waals surface area contributed by atoms with Crippen LogP contribution in [-0.4, -0.2) is 33.0 Å². The molecule has 26 heavy (non-hydrogen) atoms. The average molecular weight is 372 g/mol. The molecule has 0 atom stereocenters. The van der Waals surface area contributed by atoms with Crippen molar-refractivity contribution in [1.82, 2.24) is 0 Å². The van der Waals surface area contributed by atoms with E-state index in [4.69, 9.17) is 4.65 Å². The lowest BCUT2D eigenvalue weighted by Gasteiger charge is -2.15. The maximum Gasteiger partial charge on any atom is 0.491 e. The van der Waals surface area contributed by atoms with Crippen LogP contribution in [0, 0.1) is 0 Å². The van der Waals surface area contributed by atoms with Crippen LogP contribution in [0.3, 0.4) is 0 Å². The highest BCUT2D eigenvalue weighted by Gasteiger charge is 2.28. The fourth-order valence-electron chi connectivity index (χ4n) is 3.36. The first kappa shape index (κ1) is 17.1. The topological polar surface area (TPSA) is 95.9 Å². The molecule has 0 fully saturated rings. The molecule has 7 nitrogen and oxygen atoms in total. The van der Waals surface area contributed by atoms with Crippen LogP contribution < -0.4 is 15.1 Å². The summed E-state index contributed by atoms with van der Waals surface area (Å²) in [6.45, 7) is 2.36. The third-order valence-electron chi connectivity index (χ3n) is 4.70. The standard InChI is InChI=1S/C17H17BN2O5S/c1-11(21)20-7-6-12-8-15(4-5-17(12)20)26(23,24)19-14-3-2-13-10-25-18(22)16(13)9-14/h2-5,8-9,19,22H,6-7,10H2,1H3. The van der Waals surface area contributed by atoms with Crippen LogP contribution in [0.15, 0.2) is 41.3 Å². The molecule has 134 valence electrons. The monoisotopic (exact) mass is 372 g/mol. The number of hydrogen-bond donors (Lipinski definition) is 2. The van der Waals surface area contributed by atoms with E-state index in [0.29, 0.717) is 30.7 Å². The molecule has 2 aliphatic rings. The second kappa shape index (κ2) is 6.12. The first-order valence-electron chi connectivity index (χ1n) is 8.21. The van der Waals surface area contributed by atoms with E-state index in [-0.39, 0.29) is 10.8 Å². The van der Waals surface area contributed by atoms with Gasteiger partial charge in [-0.05, 0) is 53.3 Å². The van der Waals surface area contributed by atoms with Crippen molar-refractivity contribution in [1.29, 1.82) is 0 Å². The summed E-state index contributed by atoms with van der Waals surface area (Å²) in [6, 6.07) is 9.72. The highest BCUT2D eigenvalue weighted by Crippen LogP contribution is 2.30. The van der Waals surface area contributed by atoms with Gasteiger partial charge in [0.2, 0.25) is 5.91 Å². The Bertz CT molecular complexity index is 1010. The van der Waals surface area contributed by atoms with Gasteiger partial charge < -0.3 is 14.6 Å². The number of sulfonamides is 1. The van der Waals surface area contributed by atoms with Crippen LogP contribution in [-0.2, 0) is 32.5 Å². The predicted molar refractivity (Wildman–Crippen MR) is 97.8 cm³/mol. The summed E-state index contributed by atoms with van der Waals surface area (Å²) in [4.78, 5) is 13.4. The summed E-state index contributed by atoms with van der Waals surface area (Å²) < 4.78 is 33.1. The van der Waals surface area contributed by atoms with Gasteiger partial charge in [-0.25, -0.2) is 8.42 Å². The first-order chi connectivity index (χ1) is 12.3. The predicted octanol–water partition coefficient (Wildman–Crippen LogP) is 0.614. The molecule has 2 aromatic rings. The Morgan fingerprint density at radius 3 is 2.81 bits per heavy atom. The zero-order valence-corrected chi connectivity index (χ0v) is 14.9. The Morgan fingerprint density at radius 2 is 2.04 bits per heavy atom. The van der Waals surface area contributed by atoms with Gasteiger partial charge >= 0.3 is 7.12 Å². The zero-order chi connectivity index (χ0) is 18.5. The van der Waals surface area contributed by atoms with Gasteiger partial charge in [0.15, 0.2) is 0 Å². The number of nitrogens with one attached hydrogen (secondary N) is 1. The van der Waals surface area contributed by atoms with E-state index in [1.54, 1.807) is 35.2 Å². The van der Waals surface area contributed by atoms with E-state index >= 15 is 0 Å². The van der Waals surface area contributed by atoms with Crippen LogP contribution in [0.5, 0.6) is 0 Å². The van der Waals surface area contributed by atoms with Crippen molar-refractivity contribution < 1.29 is 22.9 Å². The van der Waals surface area contributed by atoms with Crippen molar-refractivity contribution in [2.75, 3.05) is 16.2 Å². The third kappa shape index (κ3) is 2.88. The molecule has 0 bridgehead atoms. The second-order valence-electron chi connectivity index (χ2n) is 6.39. The minimum Gasteiger partial charge on any atom is -0.423 e. The Balaban J connectivity index is 1.62. The summed E-state index contributed by atoms with van der Waals surface area (Å²) >= 11 is 0. The SMILES string of the molecule is CC(=O)N1CCc2cc(S(=O)(=O)Nc3ccc4c(c3)B(O)OC4)ccc21. The highest BCUT2D eigenvalue weighted by atomic mass is 32.2. The number of amides is 1. The van der Waals surface area contributed by atoms with E-state index < -0.39 is 17.1 Å². The normalized spacial score (nSPS) is 15.8. The van der Waals surface area contributed by atoms with E-state index in [1.807, 2.05) is 0 Å². The minimum atomic E-state index is -3.78. The van der Waals surface area contributed by atoms with Crippen LogP contribution >= 0.6 is 0 Å². The molecule has 4 rings (SSSR count). The van der Waals surface area contributed by atoms with Gasteiger partial charge in [-0.2, -0.15) is 0 Å². The number of nitrogens with zero attached hydrogens (tertiary/aromatic N) is 1. The second-order valence-corrected chi connectivity index (χ2v) is 8.08. The lowest BCUT2D eigenvalue weighted by atomic mass is 9.79. The van der Waals surface area contributed by atoms with Gasteiger partial charge in [-0.15, -0.1) is 0 Å². The number of anilines is 2. The smallest absolute Gasteiger partial charge is 0.423 e. The molecule has 0 unspecified atom stereocenters. The fourth-order valence-corrected chi connectivity index (χ4v) is 4.46. The molecular formula is C17H17BN2O5S. The summed E-state index contributed by atoms with van der Waals surface area (Å²) in [5.74, 6) is -0.0589. The fraction of sp³-hybridized carbons (Fsp3) is 0.235. The number of rotatable bonds is 3. The van der Waals surface area contributed by atoms with Gasteiger partial charge in [0.05, 0.1) is 11.5 Å². The van der Waals surface area contributed by atoms with Gasteiger partial charge in [0.1, 0.15) is 0 Å². The number of hydrogen-bond acceptors (Lipinski definition) is 5. The van der Waals surface area contributed by atoms with Crippen molar-refractivity contribution in [3.8, 4) is 0 Å². The first-order valence-corrected chi connectivity index (χ1v) is 9.70. The van der Waals surface area contributed by atoms with E-state index in [9.17, 15) is 18.2 Å². The van der Waals surface area contributed by atoms with Crippen molar-refractivity contribution in [2.45, 2.75) is 24.8 Å². The third-order valence-corrected chi connectivity index (χ3v) is 6.08. The van der Waals surface area contributed by atoms with E-state index in [1.165, 1.54) is 13.0 Å². The van der Waals surface area contributed by atoms with E-state index in [0.717, 1.165) is 16.8 Å². The molecule has 2 heterocycles. The van der Waals surface area contributed by atoms with Gasteiger partial charge in [0, 0.05) is 24.8 Å². The molecule has 0 saturated heterocycles. The van der Waals surface area contributed by atoms with Crippen molar-refractivity contribution >= 4 is 39.9 Å². The lowest BCUT2D eigenvalue weighted by molar-refractivity contribution is -0.116. The van der Waals surface area contributed by atoms with Gasteiger partial charge in [-0.3, -0.25) is 9.52 Å². The van der Waals surface area contributed by atoms with Crippen molar-refractivity contribution in [3.05, 3.63) is 47.5 Å². The molecule has 2 aliphatic heterocycles. The van der Waals surface area contributed by atoms with Crippen LogP contribution in [0.25, 0.3) is 0 Å². The number of fused-ring (bicyclic) bond motifs is 2. The Kier molecular flexibility index (Phi) is 4.02. The average Bonchev–Trinajstić information content (AvgIpc) is 3.18. The Hall–Kier alpha value is -2.36. The minimum absolute atomic E-state index is 0.0589. The molecule has 0 aliphatic carbocycles. The van der Waals surface area contributed by atoms with Crippen LogP contribution in [0.4, 0.5) is 11.4 Å². The molecule has 0 radical (unpaired) electrons. The van der Waals surface area contributed by atoms with Crippen molar-refractivity contribution in [2.24, 2.45) is 0 Å². The Morgan fingerprint density at radius 1 is 1.23 bits per heavy atom. The molecule has 2 aromatic carbocycles. The van der Waals surface area contributed by atoms with E-state index in [2.05, 4.69) is 4.72 Å². The van der Waals surface area contributed by atoms with Crippen LogP contribution in [0.1, 0.15) is 18.1 Å². The summed E-state index contributed by atoms with van der Waals surface area (Å²) in [6.07, 6.45) is 0.626. The largest absolute Gasteiger partial charge is 0.491 e. The Labute approximate surface area is 151 Å². The molecule has 0 saturated carbocycles. The quantitative estimate of drug-likeness (QED) is 0.770. The lowest BCUT2D eigenvalue weighted by Crippen LogP contribution is -2.28. The maximum atomic E-state index is 12.7. The van der Waals surface area contributed by atoms with Gasteiger partial charge in [-0.1, -0.05) is 6.07 Å².